The zero-order valence-corrected chi connectivity index (χ0v) is 11.6. The summed E-state index contributed by atoms with van der Waals surface area (Å²) in [6.45, 7) is 13.4. The van der Waals surface area contributed by atoms with Crippen molar-refractivity contribution < 1.29 is 0 Å². The third kappa shape index (κ3) is 2.45. The molecular formula is C15H25N. The predicted octanol–water partition coefficient (Wildman–Crippen LogP) is 4.75. The lowest BCUT2D eigenvalue weighted by atomic mass is 9.68. The van der Waals surface area contributed by atoms with Crippen molar-refractivity contribution in [3.63, 3.8) is 0 Å². The van der Waals surface area contributed by atoms with Crippen molar-refractivity contribution in [3.8, 4) is 0 Å². The molecule has 0 fully saturated rings. The second kappa shape index (κ2) is 4.57. The van der Waals surface area contributed by atoms with Crippen molar-refractivity contribution in [2.24, 2.45) is 15.8 Å². The molecular weight excluding hydrogens is 194 g/mol. The second-order valence-corrected chi connectivity index (χ2v) is 5.80. The quantitative estimate of drug-likeness (QED) is 0.635. The number of hydrogen-bond acceptors (Lipinski definition) is 1. The van der Waals surface area contributed by atoms with E-state index in [1.807, 2.05) is 0 Å². The SMILES string of the molecule is CCC1=C(CC)N=CC(C)(C(C)(C)C)C=C1. The van der Waals surface area contributed by atoms with Gasteiger partial charge in [0, 0.05) is 17.3 Å². The van der Waals surface area contributed by atoms with E-state index in [0.29, 0.717) is 0 Å². The Balaban J connectivity index is 3.14. The molecule has 1 nitrogen and oxygen atoms in total. The first kappa shape index (κ1) is 13.2. The summed E-state index contributed by atoms with van der Waals surface area (Å²) in [6, 6.07) is 0. The molecule has 1 heteroatoms. The van der Waals surface area contributed by atoms with Gasteiger partial charge in [0.05, 0.1) is 0 Å². The summed E-state index contributed by atoms with van der Waals surface area (Å²) in [7, 11) is 0. The molecule has 0 N–H and O–H groups in total. The second-order valence-electron chi connectivity index (χ2n) is 5.80. The van der Waals surface area contributed by atoms with Gasteiger partial charge in [-0.3, -0.25) is 4.99 Å². The summed E-state index contributed by atoms with van der Waals surface area (Å²) in [4.78, 5) is 4.71. The molecule has 16 heavy (non-hydrogen) atoms. The van der Waals surface area contributed by atoms with Crippen LogP contribution in [0.15, 0.2) is 28.4 Å². The number of rotatable bonds is 2. The highest BCUT2D eigenvalue weighted by Gasteiger charge is 2.34. The van der Waals surface area contributed by atoms with E-state index >= 15 is 0 Å². The van der Waals surface area contributed by atoms with Gasteiger partial charge in [0.1, 0.15) is 0 Å². The Kier molecular flexibility index (Phi) is 3.77. The van der Waals surface area contributed by atoms with Gasteiger partial charge in [0.25, 0.3) is 0 Å². The van der Waals surface area contributed by atoms with Crippen LogP contribution >= 0.6 is 0 Å². The Morgan fingerprint density at radius 1 is 1.19 bits per heavy atom. The minimum absolute atomic E-state index is 0.0460. The molecule has 0 aromatic rings. The number of hydrogen-bond donors (Lipinski definition) is 0. The summed E-state index contributed by atoms with van der Waals surface area (Å²) < 4.78 is 0. The molecule has 1 aliphatic rings. The highest BCUT2D eigenvalue weighted by Crippen LogP contribution is 2.40. The maximum atomic E-state index is 4.71. The molecule has 1 rings (SSSR count). The van der Waals surface area contributed by atoms with Crippen molar-refractivity contribution in [2.75, 3.05) is 0 Å². The van der Waals surface area contributed by atoms with E-state index in [4.69, 9.17) is 4.99 Å². The predicted molar refractivity (Wildman–Crippen MR) is 72.8 cm³/mol. The van der Waals surface area contributed by atoms with Gasteiger partial charge in [-0.05, 0) is 23.8 Å². The molecule has 0 saturated carbocycles. The third-order valence-corrected chi connectivity index (χ3v) is 3.82. The molecule has 1 heterocycles. The maximum Gasteiger partial charge on any atom is 0.0429 e. The van der Waals surface area contributed by atoms with Crippen molar-refractivity contribution in [3.05, 3.63) is 23.4 Å². The van der Waals surface area contributed by atoms with Crippen molar-refractivity contribution >= 4 is 6.21 Å². The van der Waals surface area contributed by atoms with Crippen LogP contribution < -0.4 is 0 Å². The molecule has 0 aromatic heterocycles. The largest absolute Gasteiger partial charge is 0.264 e. The minimum Gasteiger partial charge on any atom is -0.264 e. The van der Waals surface area contributed by atoms with Crippen LogP contribution in [0.3, 0.4) is 0 Å². The fourth-order valence-electron chi connectivity index (χ4n) is 1.79. The van der Waals surface area contributed by atoms with Gasteiger partial charge >= 0.3 is 0 Å². The van der Waals surface area contributed by atoms with Gasteiger partial charge < -0.3 is 0 Å². The molecule has 0 aromatic carbocycles. The summed E-state index contributed by atoms with van der Waals surface area (Å²) in [5.41, 5.74) is 2.87. The number of allylic oxidation sites excluding steroid dienone is 4. The van der Waals surface area contributed by atoms with Crippen LogP contribution in [0.2, 0.25) is 0 Å². The topological polar surface area (TPSA) is 12.4 Å². The van der Waals surface area contributed by atoms with Crippen LogP contribution in [0.5, 0.6) is 0 Å². The first-order chi connectivity index (χ1) is 7.34. The molecule has 0 spiro atoms. The average molecular weight is 219 g/mol. The van der Waals surface area contributed by atoms with E-state index in [1.165, 1.54) is 11.3 Å². The van der Waals surface area contributed by atoms with Crippen LogP contribution in [0.1, 0.15) is 54.4 Å². The fourth-order valence-corrected chi connectivity index (χ4v) is 1.79. The lowest BCUT2D eigenvalue weighted by Gasteiger charge is -2.36. The highest BCUT2D eigenvalue weighted by molar-refractivity contribution is 5.72. The van der Waals surface area contributed by atoms with Gasteiger partial charge in [-0.25, -0.2) is 0 Å². The fraction of sp³-hybridized carbons (Fsp3) is 0.667. The van der Waals surface area contributed by atoms with Crippen LogP contribution in [0.25, 0.3) is 0 Å². The minimum atomic E-state index is 0.0460. The standard InChI is InChI=1S/C15H25N/c1-7-12-9-10-15(6,14(3,4)5)11-16-13(12)8-2/h9-11H,7-8H2,1-6H3. The van der Waals surface area contributed by atoms with Gasteiger partial charge in [0.15, 0.2) is 0 Å². The summed E-state index contributed by atoms with van der Waals surface area (Å²) in [5, 5.41) is 0. The monoisotopic (exact) mass is 219 g/mol. The van der Waals surface area contributed by atoms with E-state index in [2.05, 4.69) is 59.9 Å². The smallest absolute Gasteiger partial charge is 0.0429 e. The summed E-state index contributed by atoms with van der Waals surface area (Å²) in [5.74, 6) is 0. The highest BCUT2D eigenvalue weighted by atomic mass is 14.8. The average Bonchev–Trinajstić information content (AvgIpc) is 2.37. The first-order valence-corrected chi connectivity index (χ1v) is 6.30. The van der Waals surface area contributed by atoms with E-state index in [-0.39, 0.29) is 10.8 Å². The van der Waals surface area contributed by atoms with Crippen LogP contribution in [0.4, 0.5) is 0 Å². The van der Waals surface area contributed by atoms with Crippen molar-refractivity contribution in [1.29, 1.82) is 0 Å². The number of nitrogens with zero attached hydrogens (tertiary/aromatic N) is 1. The van der Waals surface area contributed by atoms with E-state index in [0.717, 1.165) is 12.8 Å². The van der Waals surface area contributed by atoms with Crippen molar-refractivity contribution in [1.82, 2.24) is 0 Å². The van der Waals surface area contributed by atoms with Crippen LogP contribution in [0, 0.1) is 10.8 Å². The molecule has 0 saturated heterocycles. The third-order valence-electron chi connectivity index (χ3n) is 3.82. The Hall–Kier alpha value is -0.850. The summed E-state index contributed by atoms with van der Waals surface area (Å²) in [6.07, 6.45) is 8.81. The van der Waals surface area contributed by atoms with E-state index < -0.39 is 0 Å². The Morgan fingerprint density at radius 2 is 1.81 bits per heavy atom. The zero-order valence-electron chi connectivity index (χ0n) is 11.6. The molecule has 1 atom stereocenters. The van der Waals surface area contributed by atoms with Gasteiger partial charge in [-0.2, -0.15) is 0 Å². The van der Waals surface area contributed by atoms with E-state index in [1.54, 1.807) is 0 Å². The van der Waals surface area contributed by atoms with Gasteiger partial charge in [0.2, 0.25) is 0 Å². The van der Waals surface area contributed by atoms with Crippen molar-refractivity contribution in [2.45, 2.75) is 54.4 Å². The molecule has 1 aliphatic heterocycles. The number of aliphatic imine (C=N–C) groups is 1. The Labute approximate surface area is 100 Å². The lowest BCUT2D eigenvalue weighted by molar-refractivity contribution is 0.257. The molecule has 90 valence electrons. The molecule has 0 radical (unpaired) electrons. The van der Waals surface area contributed by atoms with E-state index in [9.17, 15) is 0 Å². The Bertz CT molecular complexity index is 313. The van der Waals surface area contributed by atoms with Crippen LogP contribution in [-0.4, -0.2) is 6.21 Å². The van der Waals surface area contributed by atoms with Crippen LogP contribution in [-0.2, 0) is 0 Å². The molecule has 0 aliphatic carbocycles. The molecule has 0 bridgehead atoms. The van der Waals surface area contributed by atoms with Gasteiger partial charge in [-0.15, -0.1) is 0 Å². The Morgan fingerprint density at radius 3 is 2.25 bits per heavy atom. The van der Waals surface area contributed by atoms with Gasteiger partial charge in [-0.1, -0.05) is 53.7 Å². The summed E-state index contributed by atoms with van der Waals surface area (Å²) >= 11 is 0. The zero-order chi connectivity index (χ0) is 12.4. The first-order valence-electron chi connectivity index (χ1n) is 6.30. The molecule has 1 unspecified atom stereocenters. The lowest BCUT2D eigenvalue weighted by Crippen LogP contribution is -2.32. The normalized spacial score (nSPS) is 26.1. The maximum absolute atomic E-state index is 4.71. The molecule has 0 amide bonds.